The van der Waals surface area contributed by atoms with E-state index in [1.165, 1.54) is 21.8 Å². The van der Waals surface area contributed by atoms with Crippen molar-refractivity contribution in [1.29, 1.82) is 0 Å². The predicted octanol–water partition coefficient (Wildman–Crippen LogP) is 7.04. The van der Waals surface area contributed by atoms with Crippen molar-refractivity contribution in [2.45, 2.75) is 0 Å². The van der Waals surface area contributed by atoms with Gasteiger partial charge in [0.2, 0.25) is 0 Å². The molecule has 5 aromatic rings. The second-order valence-corrected chi connectivity index (χ2v) is 7.06. The van der Waals surface area contributed by atoms with Gasteiger partial charge in [-0.1, -0.05) is 86.0 Å². The number of para-hydroxylation sites is 2. The highest BCUT2D eigenvalue weighted by molar-refractivity contribution is 6.09. The Bertz CT molecular complexity index is 1320. The van der Waals surface area contributed by atoms with E-state index in [9.17, 15) is 0 Å². The van der Waals surface area contributed by atoms with E-state index < -0.39 is 0 Å². The molecule has 0 amide bonds. The van der Waals surface area contributed by atoms with Gasteiger partial charge in [-0.15, -0.1) is 0 Å². The molecule has 0 aliphatic rings. The highest BCUT2D eigenvalue weighted by Crippen LogP contribution is 2.33. The van der Waals surface area contributed by atoms with Crippen molar-refractivity contribution in [3.63, 3.8) is 0 Å². The van der Waals surface area contributed by atoms with Gasteiger partial charge in [-0.3, -0.25) is 0 Å². The lowest BCUT2D eigenvalue weighted by Gasteiger charge is -2.13. The zero-order valence-corrected chi connectivity index (χ0v) is 16.0. The number of nitrogens with zero attached hydrogens (tertiary/aromatic N) is 2. The summed E-state index contributed by atoms with van der Waals surface area (Å²) in [5, 5.41) is 2.48. The molecule has 0 radical (unpaired) electrons. The Morgan fingerprint density at radius 1 is 0.759 bits per heavy atom. The largest absolute Gasteiger partial charge is 0.309 e. The first-order valence-electron chi connectivity index (χ1n) is 9.64. The molecule has 2 heteroatoms. The fraction of sp³-hybridized carbons (Fsp3) is 0. The van der Waals surface area contributed by atoms with Crippen LogP contribution in [0.1, 0.15) is 5.69 Å². The van der Waals surface area contributed by atoms with E-state index in [0.29, 0.717) is 0 Å². The molecular formula is C27H20N2. The maximum absolute atomic E-state index is 4.86. The van der Waals surface area contributed by atoms with Gasteiger partial charge in [-0.05, 0) is 29.8 Å². The van der Waals surface area contributed by atoms with Crippen molar-refractivity contribution in [3.8, 4) is 16.9 Å². The molecule has 2 heterocycles. The summed E-state index contributed by atoms with van der Waals surface area (Å²) in [7, 11) is 0. The SMILES string of the molecule is C=CC(=C)c1cc(-n2c3ccccc3c3ccccc32)cc(-c2ccccc2)n1. The third-order valence-corrected chi connectivity index (χ3v) is 5.29. The average Bonchev–Trinajstić information content (AvgIpc) is 3.13. The fourth-order valence-corrected chi connectivity index (χ4v) is 3.87. The molecule has 2 aromatic heterocycles. The summed E-state index contributed by atoms with van der Waals surface area (Å²) < 4.78 is 2.30. The highest BCUT2D eigenvalue weighted by Gasteiger charge is 2.14. The number of fused-ring (bicyclic) bond motifs is 3. The topological polar surface area (TPSA) is 17.8 Å². The minimum Gasteiger partial charge on any atom is -0.309 e. The first kappa shape index (κ1) is 17.2. The lowest BCUT2D eigenvalue weighted by Crippen LogP contribution is -1.99. The molecule has 0 saturated heterocycles. The Morgan fingerprint density at radius 3 is 1.97 bits per heavy atom. The minimum absolute atomic E-state index is 0.810. The van der Waals surface area contributed by atoms with E-state index in [2.05, 4.69) is 90.5 Å². The molecule has 3 aromatic carbocycles. The van der Waals surface area contributed by atoms with Crippen LogP contribution >= 0.6 is 0 Å². The average molecular weight is 372 g/mol. The molecule has 0 saturated carbocycles. The maximum Gasteiger partial charge on any atom is 0.0730 e. The lowest BCUT2D eigenvalue weighted by molar-refractivity contribution is 1.15. The number of allylic oxidation sites excluding steroid dienone is 2. The van der Waals surface area contributed by atoms with E-state index in [1.807, 2.05) is 18.2 Å². The third kappa shape index (κ3) is 2.86. The quantitative estimate of drug-likeness (QED) is 0.309. The highest BCUT2D eigenvalue weighted by atomic mass is 15.0. The lowest BCUT2D eigenvalue weighted by atomic mass is 10.1. The molecule has 5 rings (SSSR count). The van der Waals surface area contributed by atoms with Crippen LogP contribution in [0.5, 0.6) is 0 Å². The van der Waals surface area contributed by atoms with Gasteiger partial charge in [0, 0.05) is 16.3 Å². The summed E-state index contributed by atoms with van der Waals surface area (Å²) in [4.78, 5) is 4.86. The maximum atomic E-state index is 4.86. The minimum atomic E-state index is 0.810. The van der Waals surface area contributed by atoms with Crippen LogP contribution in [0.2, 0.25) is 0 Å². The summed E-state index contributed by atoms with van der Waals surface area (Å²) in [5.74, 6) is 0. The first-order valence-corrected chi connectivity index (χ1v) is 9.64. The van der Waals surface area contributed by atoms with Crippen LogP contribution < -0.4 is 0 Å². The second kappa shape index (κ2) is 6.92. The van der Waals surface area contributed by atoms with Crippen molar-refractivity contribution >= 4 is 27.4 Å². The number of hydrogen-bond acceptors (Lipinski definition) is 1. The summed E-state index contributed by atoms with van der Waals surface area (Å²) in [6.07, 6.45) is 1.76. The van der Waals surface area contributed by atoms with Gasteiger partial charge >= 0.3 is 0 Å². The standard InChI is InChI=1S/C27H20N2/c1-3-19(2)24-17-21(18-25(28-24)20-11-5-4-6-12-20)29-26-15-9-7-13-22(26)23-14-8-10-16-27(23)29/h3-18H,1-2H2. The fourth-order valence-electron chi connectivity index (χ4n) is 3.87. The monoisotopic (exact) mass is 372 g/mol. The molecule has 0 atom stereocenters. The van der Waals surface area contributed by atoms with Crippen molar-refractivity contribution in [2.75, 3.05) is 0 Å². The molecule has 138 valence electrons. The smallest absolute Gasteiger partial charge is 0.0730 e. The molecular weight excluding hydrogens is 352 g/mol. The third-order valence-electron chi connectivity index (χ3n) is 5.29. The van der Waals surface area contributed by atoms with Gasteiger partial charge in [-0.25, -0.2) is 4.98 Å². The van der Waals surface area contributed by atoms with Crippen molar-refractivity contribution in [3.05, 3.63) is 116 Å². The van der Waals surface area contributed by atoms with Crippen LogP contribution in [0, 0.1) is 0 Å². The van der Waals surface area contributed by atoms with E-state index >= 15 is 0 Å². The molecule has 0 unspecified atom stereocenters. The van der Waals surface area contributed by atoms with Crippen LogP contribution in [0.3, 0.4) is 0 Å². The first-order chi connectivity index (χ1) is 14.3. The van der Waals surface area contributed by atoms with Gasteiger partial charge in [0.25, 0.3) is 0 Å². The van der Waals surface area contributed by atoms with Gasteiger partial charge in [0.15, 0.2) is 0 Å². The molecule has 0 N–H and O–H groups in total. The number of rotatable bonds is 4. The predicted molar refractivity (Wildman–Crippen MR) is 123 cm³/mol. The Balaban J connectivity index is 1.86. The van der Waals surface area contributed by atoms with Gasteiger partial charge in [0.05, 0.1) is 28.1 Å². The van der Waals surface area contributed by atoms with Gasteiger partial charge < -0.3 is 4.57 Å². The van der Waals surface area contributed by atoms with Crippen molar-refractivity contribution in [1.82, 2.24) is 9.55 Å². The van der Waals surface area contributed by atoms with E-state index in [-0.39, 0.29) is 0 Å². The van der Waals surface area contributed by atoms with Gasteiger partial charge in [0.1, 0.15) is 0 Å². The van der Waals surface area contributed by atoms with Crippen LogP contribution in [0.4, 0.5) is 0 Å². The van der Waals surface area contributed by atoms with Crippen LogP contribution in [-0.2, 0) is 0 Å². The number of pyridine rings is 1. The molecule has 0 bridgehead atoms. The molecule has 0 fully saturated rings. The van der Waals surface area contributed by atoms with Gasteiger partial charge in [-0.2, -0.15) is 0 Å². The zero-order valence-electron chi connectivity index (χ0n) is 16.0. The van der Waals surface area contributed by atoms with Crippen LogP contribution in [0.15, 0.2) is 110 Å². The molecule has 2 nitrogen and oxygen atoms in total. The Labute approximate surface area is 170 Å². The summed E-state index contributed by atoms with van der Waals surface area (Å²) in [5.41, 5.74) is 7.05. The van der Waals surface area contributed by atoms with E-state index in [1.54, 1.807) is 6.08 Å². The van der Waals surface area contributed by atoms with Crippen LogP contribution in [-0.4, -0.2) is 9.55 Å². The summed E-state index contributed by atoms with van der Waals surface area (Å²) >= 11 is 0. The normalized spacial score (nSPS) is 11.0. The molecule has 0 aliphatic heterocycles. The number of hydrogen-bond donors (Lipinski definition) is 0. The number of aromatic nitrogens is 2. The Hall–Kier alpha value is -3.91. The van der Waals surface area contributed by atoms with E-state index in [4.69, 9.17) is 4.98 Å². The van der Waals surface area contributed by atoms with Crippen LogP contribution in [0.25, 0.3) is 44.3 Å². The number of benzene rings is 3. The molecule has 0 aliphatic carbocycles. The Morgan fingerprint density at radius 2 is 1.34 bits per heavy atom. The second-order valence-electron chi connectivity index (χ2n) is 7.06. The summed E-state index contributed by atoms with van der Waals surface area (Å²) in [6, 6.07) is 31.5. The Kier molecular flexibility index (Phi) is 4.10. The molecule has 29 heavy (non-hydrogen) atoms. The van der Waals surface area contributed by atoms with Crippen molar-refractivity contribution < 1.29 is 0 Å². The zero-order chi connectivity index (χ0) is 19.8. The summed E-state index contributed by atoms with van der Waals surface area (Å²) in [6.45, 7) is 8.02. The van der Waals surface area contributed by atoms with Crippen molar-refractivity contribution in [2.24, 2.45) is 0 Å². The molecule has 0 spiro atoms. The van der Waals surface area contributed by atoms with E-state index in [0.717, 1.165) is 28.2 Å².